The van der Waals surface area contributed by atoms with Crippen LogP contribution in [0.1, 0.15) is 67.9 Å². The van der Waals surface area contributed by atoms with Crippen LogP contribution in [0.15, 0.2) is 42.0 Å². The Balaban J connectivity index is 2.41. The van der Waals surface area contributed by atoms with Gasteiger partial charge in [0.15, 0.2) is 0 Å². The Kier molecular flexibility index (Phi) is 7.26. The van der Waals surface area contributed by atoms with E-state index in [1.54, 1.807) is 4.90 Å². The Hall–Kier alpha value is -2.34. The molecule has 6 nitrogen and oxygen atoms in total. The van der Waals surface area contributed by atoms with Gasteiger partial charge >= 0.3 is 12.1 Å². The van der Waals surface area contributed by atoms with Crippen LogP contribution in [-0.2, 0) is 25.4 Å². The quantitative estimate of drug-likeness (QED) is 0.481. The van der Waals surface area contributed by atoms with Gasteiger partial charge in [0.1, 0.15) is 23.0 Å². The molecule has 0 N–H and O–H groups in total. The normalized spacial score (nSPS) is 21.7. The number of carbonyl (C=O) groups excluding carboxylic acids is 2. The lowest BCUT2D eigenvalue weighted by molar-refractivity contribution is -0.148. The van der Waals surface area contributed by atoms with Crippen LogP contribution in [0.25, 0.3) is 0 Å². The van der Waals surface area contributed by atoms with Crippen LogP contribution < -0.4 is 0 Å². The third kappa shape index (κ3) is 7.10. The molecule has 1 aliphatic rings. The first-order chi connectivity index (χ1) is 14.1. The summed E-state index contributed by atoms with van der Waals surface area (Å²) in [6.07, 6.45) is 1.11. The Morgan fingerprint density at radius 1 is 1.03 bits per heavy atom. The Morgan fingerprint density at radius 3 is 2.10 bits per heavy atom. The van der Waals surface area contributed by atoms with E-state index in [4.69, 9.17) is 14.2 Å². The van der Waals surface area contributed by atoms with Gasteiger partial charge in [-0.2, -0.15) is 0 Å². The fourth-order valence-electron chi connectivity index (χ4n) is 3.70. The Morgan fingerprint density at radius 2 is 1.58 bits per heavy atom. The fourth-order valence-corrected chi connectivity index (χ4v) is 3.70. The van der Waals surface area contributed by atoms with Gasteiger partial charge in [-0.3, -0.25) is 4.90 Å². The van der Waals surface area contributed by atoms with Crippen molar-refractivity contribution in [3.05, 3.63) is 47.5 Å². The molecule has 172 valence electrons. The van der Waals surface area contributed by atoms with E-state index in [1.165, 1.54) is 6.08 Å². The second-order valence-corrected chi connectivity index (χ2v) is 10.5. The van der Waals surface area contributed by atoms with Gasteiger partial charge in [-0.05, 0) is 79.9 Å². The highest BCUT2D eigenvalue weighted by atomic mass is 16.6. The van der Waals surface area contributed by atoms with Crippen molar-refractivity contribution in [3.8, 4) is 0 Å². The predicted octanol–water partition coefficient (Wildman–Crippen LogP) is 5.26. The summed E-state index contributed by atoms with van der Waals surface area (Å²) < 4.78 is 17.5. The average molecular weight is 432 g/mol. The standard InChI is InChI=1S/C25H37NO5/c1-17(15-20(27)29-23(2,3)4)21-19(16-18-13-11-10-12-14-18)26(25(8,9)30-21)22(28)31-24(5,6)7/h10-15,19,21H,16H2,1-9H3/b17-15+/t19-,21+/m1/s1. The number of esters is 1. The molecule has 1 saturated heterocycles. The first-order valence-corrected chi connectivity index (χ1v) is 10.7. The highest BCUT2D eigenvalue weighted by Crippen LogP contribution is 2.38. The van der Waals surface area contributed by atoms with Gasteiger partial charge in [0.25, 0.3) is 0 Å². The van der Waals surface area contributed by atoms with Gasteiger partial charge in [0.05, 0.1) is 6.04 Å². The lowest BCUT2D eigenvalue weighted by atomic mass is 9.96. The molecule has 1 aromatic carbocycles. The molecule has 2 atom stereocenters. The van der Waals surface area contributed by atoms with E-state index in [1.807, 2.05) is 92.6 Å². The van der Waals surface area contributed by atoms with Crippen LogP contribution in [0.2, 0.25) is 0 Å². The Bertz CT molecular complexity index is 815. The number of hydrogen-bond donors (Lipinski definition) is 0. The molecular formula is C25H37NO5. The topological polar surface area (TPSA) is 65.1 Å². The third-order valence-corrected chi connectivity index (χ3v) is 4.76. The summed E-state index contributed by atoms with van der Waals surface area (Å²) in [5, 5.41) is 0. The number of hydrogen-bond acceptors (Lipinski definition) is 5. The zero-order chi connectivity index (χ0) is 23.6. The molecule has 2 rings (SSSR count). The van der Waals surface area contributed by atoms with E-state index in [0.717, 1.165) is 5.56 Å². The smallest absolute Gasteiger partial charge is 0.412 e. The molecule has 0 unspecified atom stereocenters. The number of carbonyl (C=O) groups is 2. The van der Waals surface area contributed by atoms with E-state index in [-0.39, 0.29) is 6.04 Å². The molecule has 1 heterocycles. The summed E-state index contributed by atoms with van der Waals surface area (Å²) in [6.45, 7) is 16.5. The lowest BCUT2D eigenvalue weighted by Gasteiger charge is -2.35. The monoisotopic (exact) mass is 431 g/mol. The van der Waals surface area contributed by atoms with Crippen molar-refractivity contribution in [1.29, 1.82) is 0 Å². The molecule has 1 aliphatic heterocycles. The molecule has 1 aromatic rings. The third-order valence-electron chi connectivity index (χ3n) is 4.76. The van der Waals surface area contributed by atoms with Crippen molar-refractivity contribution in [2.75, 3.05) is 0 Å². The summed E-state index contributed by atoms with van der Waals surface area (Å²) in [5.41, 5.74) is -0.360. The number of benzene rings is 1. The number of amides is 1. The van der Waals surface area contributed by atoms with Crippen LogP contribution >= 0.6 is 0 Å². The minimum atomic E-state index is -0.907. The highest BCUT2D eigenvalue weighted by Gasteiger charge is 2.51. The second kappa shape index (κ2) is 9.03. The molecule has 1 amide bonds. The molecule has 0 saturated carbocycles. The van der Waals surface area contributed by atoms with Crippen molar-refractivity contribution < 1.29 is 23.8 Å². The Labute approximate surface area is 186 Å². The summed E-state index contributed by atoms with van der Waals surface area (Å²) in [5.74, 6) is -0.430. The van der Waals surface area contributed by atoms with Crippen LogP contribution in [0, 0.1) is 0 Å². The molecule has 0 bridgehead atoms. The van der Waals surface area contributed by atoms with Crippen molar-refractivity contribution in [3.63, 3.8) is 0 Å². The zero-order valence-corrected chi connectivity index (χ0v) is 20.3. The van der Waals surface area contributed by atoms with Crippen LogP contribution in [0.4, 0.5) is 4.79 Å². The van der Waals surface area contributed by atoms with E-state index >= 15 is 0 Å². The molecule has 0 aromatic heterocycles. The van der Waals surface area contributed by atoms with E-state index in [0.29, 0.717) is 12.0 Å². The van der Waals surface area contributed by atoms with Gasteiger partial charge in [-0.1, -0.05) is 30.3 Å². The van der Waals surface area contributed by atoms with E-state index < -0.39 is 35.1 Å². The van der Waals surface area contributed by atoms with Gasteiger partial charge in [0, 0.05) is 6.08 Å². The van der Waals surface area contributed by atoms with Crippen molar-refractivity contribution in [2.24, 2.45) is 0 Å². The number of ether oxygens (including phenoxy) is 3. The molecule has 31 heavy (non-hydrogen) atoms. The molecule has 6 heteroatoms. The van der Waals surface area contributed by atoms with E-state index in [9.17, 15) is 9.59 Å². The van der Waals surface area contributed by atoms with Crippen molar-refractivity contribution in [1.82, 2.24) is 4.90 Å². The maximum atomic E-state index is 13.2. The largest absolute Gasteiger partial charge is 0.457 e. The maximum Gasteiger partial charge on any atom is 0.412 e. The lowest BCUT2D eigenvalue weighted by Crippen LogP contribution is -2.51. The van der Waals surface area contributed by atoms with Gasteiger partial charge < -0.3 is 14.2 Å². The molecule has 1 fully saturated rings. The van der Waals surface area contributed by atoms with Gasteiger partial charge in [0.2, 0.25) is 0 Å². The number of nitrogens with zero attached hydrogens (tertiary/aromatic N) is 1. The first-order valence-electron chi connectivity index (χ1n) is 10.7. The first kappa shape index (κ1) is 24.9. The van der Waals surface area contributed by atoms with Crippen LogP contribution in [0.3, 0.4) is 0 Å². The molecule has 0 aliphatic carbocycles. The predicted molar refractivity (Wildman–Crippen MR) is 121 cm³/mol. The molecule has 0 spiro atoms. The number of rotatable bonds is 4. The van der Waals surface area contributed by atoms with Crippen LogP contribution in [0.5, 0.6) is 0 Å². The zero-order valence-electron chi connectivity index (χ0n) is 20.3. The molecular weight excluding hydrogens is 394 g/mol. The summed E-state index contributed by atoms with van der Waals surface area (Å²) in [6, 6.07) is 9.57. The van der Waals surface area contributed by atoms with Crippen LogP contribution in [-0.4, -0.2) is 46.0 Å². The SMILES string of the molecule is C/C(=C\C(=O)OC(C)(C)C)[C@@H]1OC(C)(C)N(C(=O)OC(C)(C)C)[C@@H]1Cc1ccccc1. The fraction of sp³-hybridized carbons (Fsp3) is 0.600. The van der Waals surface area contributed by atoms with E-state index in [2.05, 4.69) is 0 Å². The average Bonchev–Trinajstić information content (AvgIpc) is 2.83. The van der Waals surface area contributed by atoms with Gasteiger partial charge in [-0.15, -0.1) is 0 Å². The maximum absolute atomic E-state index is 13.2. The summed E-state index contributed by atoms with van der Waals surface area (Å²) >= 11 is 0. The minimum absolute atomic E-state index is 0.342. The van der Waals surface area contributed by atoms with Gasteiger partial charge in [-0.25, -0.2) is 9.59 Å². The molecule has 0 radical (unpaired) electrons. The minimum Gasteiger partial charge on any atom is -0.457 e. The van der Waals surface area contributed by atoms with Crippen molar-refractivity contribution >= 4 is 12.1 Å². The van der Waals surface area contributed by atoms with Crippen molar-refractivity contribution in [2.45, 2.75) is 97.8 Å². The summed E-state index contributed by atoms with van der Waals surface area (Å²) in [4.78, 5) is 27.2. The highest BCUT2D eigenvalue weighted by molar-refractivity contribution is 5.83. The second-order valence-electron chi connectivity index (χ2n) is 10.5. The summed E-state index contributed by atoms with van der Waals surface area (Å²) in [7, 11) is 0.